The van der Waals surface area contributed by atoms with Crippen molar-refractivity contribution in [2.24, 2.45) is 7.05 Å². The second-order valence-corrected chi connectivity index (χ2v) is 4.98. The van der Waals surface area contributed by atoms with Crippen molar-refractivity contribution in [1.82, 2.24) is 9.78 Å². The molecular weight excluding hydrogens is 220 g/mol. The number of carbonyl (C=O) groups excluding carboxylic acids is 1. The van der Waals surface area contributed by atoms with Crippen LogP contribution >= 0.6 is 11.8 Å². The fourth-order valence-electron chi connectivity index (χ4n) is 1.49. The molecule has 0 saturated heterocycles. The van der Waals surface area contributed by atoms with Crippen LogP contribution in [0.1, 0.15) is 31.7 Å². The molecule has 0 unspecified atom stereocenters. The smallest absolute Gasteiger partial charge is 0.148 e. The van der Waals surface area contributed by atoms with Crippen molar-refractivity contribution in [2.75, 3.05) is 11.5 Å². The van der Waals surface area contributed by atoms with E-state index in [9.17, 15) is 4.79 Å². The van der Waals surface area contributed by atoms with Crippen LogP contribution in [0.4, 0.5) is 0 Å². The molecule has 0 aliphatic heterocycles. The summed E-state index contributed by atoms with van der Waals surface area (Å²) in [6.07, 6.45) is 2.57. The first-order valence-electron chi connectivity index (χ1n) is 5.78. The lowest BCUT2D eigenvalue weighted by atomic mass is 10.2. The number of carbonyl (C=O) groups is 1. The molecule has 0 N–H and O–H groups in total. The number of nitrogens with zero attached hydrogens (tertiary/aromatic N) is 2. The molecule has 4 heteroatoms. The van der Waals surface area contributed by atoms with Crippen LogP contribution < -0.4 is 0 Å². The van der Waals surface area contributed by atoms with Crippen LogP contribution in [0.2, 0.25) is 0 Å². The van der Waals surface area contributed by atoms with Gasteiger partial charge in [-0.15, -0.1) is 0 Å². The van der Waals surface area contributed by atoms with Crippen molar-refractivity contribution in [1.29, 1.82) is 0 Å². The highest BCUT2D eigenvalue weighted by molar-refractivity contribution is 7.99. The predicted octanol–water partition coefficient (Wildman–Crippen LogP) is 2.24. The number of rotatable bonds is 7. The second-order valence-electron chi connectivity index (χ2n) is 3.87. The Morgan fingerprint density at radius 1 is 1.50 bits per heavy atom. The average molecular weight is 240 g/mol. The monoisotopic (exact) mass is 240 g/mol. The molecule has 0 aromatic carbocycles. The molecule has 0 aliphatic carbocycles. The van der Waals surface area contributed by atoms with Crippen molar-refractivity contribution < 1.29 is 4.79 Å². The SMILES string of the molecule is CCCSCC(=O)Cc1cc(CC)nn1C. The van der Waals surface area contributed by atoms with Crippen molar-refractivity contribution >= 4 is 17.5 Å². The van der Waals surface area contributed by atoms with Gasteiger partial charge in [0.05, 0.1) is 11.4 Å². The first kappa shape index (κ1) is 13.3. The molecule has 1 aromatic rings. The lowest BCUT2D eigenvalue weighted by Gasteiger charge is -2.01. The maximum atomic E-state index is 11.7. The summed E-state index contributed by atoms with van der Waals surface area (Å²) in [6.45, 7) is 4.21. The van der Waals surface area contributed by atoms with Crippen LogP contribution in [-0.2, 0) is 24.7 Å². The Bertz CT molecular complexity index is 347. The topological polar surface area (TPSA) is 34.9 Å². The van der Waals surface area contributed by atoms with Gasteiger partial charge >= 0.3 is 0 Å². The summed E-state index contributed by atoms with van der Waals surface area (Å²) in [5.74, 6) is 1.99. The van der Waals surface area contributed by atoms with E-state index in [1.54, 1.807) is 11.8 Å². The molecule has 0 bridgehead atoms. The number of hydrogen-bond donors (Lipinski definition) is 0. The van der Waals surface area contributed by atoms with Crippen LogP contribution in [0.3, 0.4) is 0 Å². The number of aromatic nitrogens is 2. The lowest BCUT2D eigenvalue weighted by Crippen LogP contribution is -2.09. The van der Waals surface area contributed by atoms with E-state index in [0.29, 0.717) is 18.0 Å². The minimum atomic E-state index is 0.295. The van der Waals surface area contributed by atoms with Crippen molar-refractivity contribution in [2.45, 2.75) is 33.1 Å². The number of Topliss-reactive ketones (excluding diaryl/α,β-unsaturated/α-hetero) is 1. The number of hydrogen-bond acceptors (Lipinski definition) is 3. The van der Waals surface area contributed by atoms with E-state index in [2.05, 4.69) is 18.9 Å². The summed E-state index contributed by atoms with van der Waals surface area (Å²) in [7, 11) is 1.90. The fraction of sp³-hybridized carbons (Fsp3) is 0.667. The van der Waals surface area contributed by atoms with Crippen molar-refractivity contribution in [3.05, 3.63) is 17.5 Å². The summed E-state index contributed by atoms with van der Waals surface area (Å²) < 4.78 is 1.82. The van der Waals surface area contributed by atoms with Gasteiger partial charge in [0.15, 0.2) is 0 Å². The van der Waals surface area contributed by atoms with Gasteiger partial charge in [-0.2, -0.15) is 16.9 Å². The van der Waals surface area contributed by atoms with Crippen LogP contribution in [-0.4, -0.2) is 27.1 Å². The first-order valence-corrected chi connectivity index (χ1v) is 6.94. The van der Waals surface area contributed by atoms with Gasteiger partial charge in [0.1, 0.15) is 5.78 Å². The fourth-order valence-corrected chi connectivity index (χ4v) is 2.26. The summed E-state index contributed by atoms with van der Waals surface area (Å²) in [6, 6.07) is 2.03. The molecule has 16 heavy (non-hydrogen) atoms. The second kappa shape index (κ2) is 6.74. The van der Waals surface area contributed by atoms with Gasteiger partial charge < -0.3 is 0 Å². The summed E-state index contributed by atoms with van der Waals surface area (Å²) >= 11 is 1.72. The van der Waals surface area contributed by atoms with Gasteiger partial charge in [-0.3, -0.25) is 9.48 Å². The Balaban J connectivity index is 2.45. The van der Waals surface area contributed by atoms with Crippen LogP contribution in [0, 0.1) is 0 Å². The van der Waals surface area contributed by atoms with Gasteiger partial charge in [0.2, 0.25) is 0 Å². The van der Waals surface area contributed by atoms with Crippen LogP contribution in [0.15, 0.2) is 6.07 Å². The van der Waals surface area contributed by atoms with E-state index in [1.807, 2.05) is 17.8 Å². The molecule has 0 radical (unpaired) electrons. The average Bonchev–Trinajstić information content (AvgIpc) is 2.60. The molecule has 1 aromatic heterocycles. The zero-order chi connectivity index (χ0) is 12.0. The Morgan fingerprint density at radius 3 is 2.81 bits per heavy atom. The molecular formula is C12H20N2OS. The first-order chi connectivity index (χ1) is 7.67. The molecule has 3 nitrogen and oxygen atoms in total. The van der Waals surface area contributed by atoms with E-state index < -0.39 is 0 Å². The molecule has 0 amide bonds. The largest absolute Gasteiger partial charge is 0.298 e. The molecule has 0 saturated carbocycles. The zero-order valence-corrected chi connectivity index (χ0v) is 11.1. The van der Waals surface area contributed by atoms with Gasteiger partial charge in [-0.05, 0) is 24.7 Å². The quantitative estimate of drug-likeness (QED) is 0.686. The minimum Gasteiger partial charge on any atom is -0.298 e. The Kier molecular flexibility index (Phi) is 5.60. The summed E-state index contributed by atoms with van der Waals surface area (Å²) in [5.41, 5.74) is 2.09. The van der Waals surface area contributed by atoms with Gasteiger partial charge in [0.25, 0.3) is 0 Å². The Hall–Kier alpha value is -0.770. The normalized spacial score (nSPS) is 10.7. The summed E-state index contributed by atoms with van der Waals surface area (Å²) in [5, 5.41) is 4.34. The lowest BCUT2D eigenvalue weighted by molar-refractivity contribution is -0.116. The van der Waals surface area contributed by atoms with Crippen LogP contribution in [0.5, 0.6) is 0 Å². The number of aryl methyl sites for hydroxylation is 2. The minimum absolute atomic E-state index is 0.295. The van der Waals surface area contributed by atoms with Gasteiger partial charge in [-0.1, -0.05) is 13.8 Å². The highest BCUT2D eigenvalue weighted by atomic mass is 32.2. The van der Waals surface area contributed by atoms with E-state index >= 15 is 0 Å². The zero-order valence-electron chi connectivity index (χ0n) is 10.3. The van der Waals surface area contributed by atoms with Gasteiger partial charge in [-0.25, -0.2) is 0 Å². The molecule has 0 aliphatic rings. The molecule has 1 rings (SSSR count). The third kappa shape index (κ3) is 4.00. The Morgan fingerprint density at radius 2 is 2.25 bits per heavy atom. The van der Waals surface area contributed by atoms with Crippen molar-refractivity contribution in [3.63, 3.8) is 0 Å². The molecule has 0 fully saturated rings. The third-order valence-corrected chi connectivity index (χ3v) is 3.60. The maximum absolute atomic E-state index is 11.7. The van der Waals surface area contributed by atoms with E-state index in [0.717, 1.165) is 30.0 Å². The van der Waals surface area contributed by atoms with Gasteiger partial charge in [0, 0.05) is 19.2 Å². The highest BCUT2D eigenvalue weighted by Gasteiger charge is 2.09. The van der Waals surface area contributed by atoms with E-state index in [4.69, 9.17) is 0 Å². The predicted molar refractivity (Wildman–Crippen MR) is 68.9 cm³/mol. The van der Waals surface area contributed by atoms with E-state index in [-0.39, 0.29) is 0 Å². The standard InChI is InChI=1S/C12H20N2OS/c1-4-6-16-9-12(15)8-11-7-10(5-2)13-14(11)3/h7H,4-6,8-9H2,1-3H3. The van der Waals surface area contributed by atoms with Crippen molar-refractivity contribution in [3.8, 4) is 0 Å². The Labute approximate surface area is 102 Å². The molecule has 0 atom stereocenters. The third-order valence-electron chi connectivity index (χ3n) is 2.38. The van der Waals surface area contributed by atoms with Crippen LogP contribution in [0.25, 0.3) is 0 Å². The molecule has 0 spiro atoms. The summed E-state index contributed by atoms with van der Waals surface area (Å²) in [4.78, 5) is 11.7. The number of thioether (sulfide) groups is 1. The number of ketones is 1. The maximum Gasteiger partial charge on any atom is 0.148 e. The van der Waals surface area contributed by atoms with E-state index in [1.165, 1.54) is 0 Å². The highest BCUT2D eigenvalue weighted by Crippen LogP contribution is 2.08. The molecule has 90 valence electrons. The molecule has 1 heterocycles.